The van der Waals surface area contributed by atoms with Gasteiger partial charge >= 0.3 is 0 Å². The Hall–Kier alpha value is -2.45. The van der Waals surface area contributed by atoms with Gasteiger partial charge in [-0.15, -0.1) is 4.40 Å². The summed E-state index contributed by atoms with van der Waals surface area (Å²) < 4.78 is 29.5. The van der Waals surface area contributed by atoms with Gasteiger partial charge in [-0.2, -0.15) is 19.8 Å². The molecular formula is C20H21N3O3S2. The summed E-state index contributed by atoms with van der Waals surface area (Å²) in [5.41, 5.74) is 2.04. The standard InChI is InChI=1S/C20H21N3O3S2/c1-15-18(16-6-3-2-4-7-16)28(25,26)21-19(15)22-9-5-10-23(12-11-22)20(24)17-8-13-27-14-17/h2-4,6-8,13-14H,5,9-12H2,1H3. The van der Waals surface area contributed by atoms with Gasteiger partial charge in [0.05, 0.1) is 5.56 Å². The number of sulfonamides is 1. The Morgan fingerprint density at radius 2 is 1.86 bits per heavy atom. The predicted octanol–water partition coefficient (Wildman–Crippen LogP) is 3.07. The van der Waals surface area contributed by atoms with Crippen LogP contribution in [0.25, 0.3) is 4.91 Å². The van der Waals surface area contributed by atoms with E-state index >= 15 is 0 Å². The van der Waals surface area contributed by atoms with Gasteiger partial charge < -0.3 is 9.80 Å². The van der Waals surface area contributed by atoms with Gasteiger partial charge in [0.2, 0.25) is 0 Å². The van der Waals surface area contributed by atoms with Crippen molar-refractivity contribution in [3.63, 3.8) is 0 Å². The molecule has 0 radical (unpaired) electrons. The maximum absolute atomic E-state index is 12.7. The van der Waals surface area contributed by atoms with E-state index in [0.29, 0.717) is 48.7 Å². The fraction of sp³-hybridized carbons (Fsp3) is 0.300. The van der Waals surface area contributed by atoms with Crippen LogP contribution in [0, 0.1) is 0 Å². The topological polar surface area (TPSA) is 70.1 Å². The molecule has 1 aromatic heterocycles. The second-order valence-corrected chi connectivity index (χ2v) is 9.18. The third-order valence-electron chi connectivity index (χ3n) is 5.03. The molecule has 0 aliphatic carbocycles. The number of hydrogen-bond acceptors (Lipinski definition) is 5. The van der Waals surface area contributed by atoms with Crippen LogP contribution in [-0.2, 0) is 10.0 Å². The molecule has 0 saturated carbocycles. The minimum Gasteiger partial charge on any atom is -0.354 e. The van der Waals surface area contributed by atoms with E-state index in [1.54, 1.807) is 12.1 Å². The summed E-state index contributed by atoms with van der Waals surface area (Å²) in [6, 6.07) is 10.9. The number of carbonyl (C=O) groups is 1. The first-order chi connectivity index (χ1) is 13.5. The first kappa shape index (κ1) is 18.9. The van der Waals surface area contributed by atoms with Crippen LogP contribution in [0.2, 0.25) is 0 Å². The molecule has 0 atom stereocenters. The summed E-state index contributed by atoms with van der Waals surface area (Å²) >= 11 is 1.51. The van der Waals surface area contributed by atoms with Crippen molar-refractivity contribution in [1.29, 1.82) is 0 Å². The van der Waals surface area contributed by atoms with Gasteiger partial charge in [0.15, 0.2) is 0 Å². The average molecular weight is 416 g/mol. The fourth-order valence-corrected chi connectivity index (χ4v) is 5.79. The lowest BCUT2D eigenvalue weighted by molar-refractivity contribution is 0.0764. The molecule has 2 aliphatic rings. The van der Waals surface area contributed by atoms with Crippen LogP contribution >= 0.6 is 11.3 Å². The highest BCUT2D eigenvalue weighted by atomic mass is 32.2. The summed E-state index contributed by atoms with van der Waals surface area (Å²) in [7, 11) is -3.72. The maximum Gasteiger partial charge on any atom is 0.285 e. The van der Waals surface area contributed by atoms with Crippen LogP contribution in [0.15, 0.2) is 57.1 Å². The van der Waals surface area contributed by atoms with Crippen molar-refractivity contribution >= 4 is 38.0 Å². The number of benzene rings is 1. The smallest absolute Gasteiger partial charge is 0.285 e. The molecule has 1 fully saturated rings. The number of amidine groups is 1. The second kappa shape index (κ2) is 7.52. The molecule has 2 aliphatic heterocycles. The lowest BCUT2D eigenvalue weighted by atomic mass is 10.1. The largest absolute Gasteiger partial charge is 0.354 e. The molecule has 8 heteroatoms. The van der Waals surface area contributed by atoms with Gasteiger partial charge in [-0.05, 0) is 30.4 Å². The molecule has 1 saturated heterocycles. The van der Waals surface area contributed by atoms with Crippen molar-refractivity contribution in [3.8, 4) is 0 Å². The van der Waals surface area contributed by atoms with Gasteiger partial charge in [0, 0.05) is 37.1 Å². The van der Waals surface area contributed by atoms with E-state index in [1.807, 2.05) is 51.7 Å². The molecule has 0 spiro atoms. The molecule has 0 N–H and O–H groups in total. The molecule has 1 aromatic carbocycles. The number of thiophene rings is 1. The van der Waals surface area contributed by atoms with E-state index in [-0.39, 0.29) is 10.8 Å². The van der Waals surface area contributed by atoms with E-state index in [1.165, 1.54) is 11.3 Å². The van der Waals surface area contributed by atoms with Crippen LogP contribution in [0.5, 0.6) is 0 Å². The van der Waals surface area contributed by atoms with Gasteiger partial charge in [-0.1, -0.05) is 30.3 Å². The van der Waals surface area contributed by atoms with Crippen LogP contribution < -0.4 is 0 Å². The van der Waals surface area contributed by atoms with Crippen LogP contribution in [-0.4, -0.2) is 56.1 Å². The minimum absolute atomic E-state index is 0.0290. The van der Waals surface area contributed by atoms with Crippen LogP contribution in [0.1, 0.15) is 29.3 Å². The van der Waals surface area contributed by atoms with E-state index in [2.05, 4.69) is 4.40 Å². The first-order valence-corrected chi connectivity index (χ1v) is 11.5. The number of amides is 1. The predicted molar refractivity (Wildman–Crippen MR) is 112 cm³/mol. The SMILES string of the molecule is CC1=C(c2ccccc2)S(=O)(=O)N=C1N1CCCN(C(=O)c2ccsc2)CC1. The Labute approximate surface area is 168 Å². The molecule has 6 nitrogen and oxygen atoms in total. The van der Waals surface area contributed by atoms with Crippen LogP contribution in [0.4, 0.5) is 0 Å². The Bertz CT molecular complexity index is 1040. The lowest BCUT2D eigenvalue weighted by Gasteiger charge is -2.23. The molecule has 3 heterocycles. The Balaban J connectivity index is 1.56. The minimum atomic E-state index is -3.72. The monoisotopic (exact) mass is 415 g/mol. The number of rotatable bonds is 2. The van der Waals surface area contributed by atoms with Crippen molar-refractivity contribution < 1.29 is 13.2 Å². The van der Waals surface area contributed by atoms with E-state index in [0.717, 1.165) is 6.42 Å². The Morgan fingerprint density at radius 3 is 2.57 bits per heavy atom. The molecule has 146 valence electrons. The van der Waals surface area contributed by atoms with Crippen molar-refractivity contribution in [2.24, 2.45) is 4.40 Å². The van der Waals surface area contributed by atoms with Crippen molar-refractivity contribution in [1.82, 2.24) is 9.80 Å². The molecule has 28 heavy (non-hydrogen) atoms. The van der Waals surface area contributed by atoms with E-state index in [4.69, 9.17) is 0 Å². The highest BCUT2D eigenvalue weighted by Crippen LogP contribution is 2.33. The number of carbonyl (C=O) groups excluding carboxylic acids is 1. The zero-order chi connectivity index (χ0) is 19.7. The number of hydrogen-bond donors (Lipinski definition) is 0. The van der Waals surface area contributed by atoms with Gasteiger partial charge in [0.25, 0.3) is 15.9 Å². The number of nitrogens with zero attached hydrogens (tertiary/aromatic N) is 3. The summed E-state index contributed by atoms with van der Waals surface area (Å²) in [4.78, 5) is 16.7. The van der Waals surface area contributed by atoms with E-state index < -0.39 is 10.0 Å². The normalized spacial score (nSPS) is 19.5. The molecule has 2 aromatic rings. The lowest BCUT2D eigenvalue weighted by Crippen LogP contribution is -2.37. The third-order valence-corrected chi connectivity index (χ3v) is 7.18. The summed E-state index contributed by atoms with van der Waals surface area (Å²) in [6.45, 7) is 4.23. The molecule has 4 rings (SSSR count). The van der Waals surface area contributed by atoms with Gasteiger partial charge in [-0.3, -0.25) is 4.79 Å². The molecule has 1 amide bonds. The third kappa shape index (κ3) is 3.49. The van der Waals surface area contributed by atoms with Gasteiger partial charge in [-0.25, -0.2) is 0 Å². The molecular weight excluding hydrogens is 394 g/mol. The highest BCUT2D eigenvalue weighted by molar-refractivity contribution is 8.00. The quantitative estimate of drug-likeness (QED) is 0.756. The molecule has 0 bridgehead atoms. The van der Waals surface area contributed by atoms with Crippen LogP contribution in [0.3, 0.4) is 0 Å². The Kier molecular flexibility index (Phi) is 5.07. The summed E-state index contributed by atoms with van der Waals surface area (Å²) in [5, 5.41) is 3.76. The Morgan fingerprint density at radius 1 is 1.07 bits per heavy atom. The van der Waals surface area contributed by atoms with Crippen molar-refractivity contribution in [3.05, 3.63) is 63.9 Å². The van der Waals surface area contributed by atoms with E-state index in [9.17, 15) is 13.2 Å². The molecule has 0 unspecified atom stereocenters. The fourth-order valence-electron chi connectivity index (χ4n) is 3.67. The van der Waals surface area contributed by atoms with Gasteiger partial charge in [0.1, 0.15) is 10.7 Å². The first-order valence-electron chi connectivity index (χ1n) is 9.15. The zero-order valence-electron chi connectivity index (χ0n) is 15.5. The summed E-state index contributed by atoms with van der Waals surface area (Å²) in [5.74, 6) is 0.532. The maximum atomic E-state index is 12.7. The van der Waals surface area contributed by atoms with Crippen molar-refractivity contribution in [2.75, 3.05) is 26.2 Å². The zero-order valence-corrected chi connectivity index (χ0v) is 17.2. The second-order valence-electron chi connectivity index (χ2n) is 6.85. The average Bonchev–Trinajstić information content (AvgIpc) is 3.21. The highest BCUT2D eigenvalue weighted by Gasteiger charge is 2.34. The summed E-state index contributed by atoms with van der Waals surface area (Å²) in [6.07, 6.45) is 0.767. The van der Waals surface area contributed by atoms with Crippen molar-refractivity contribution in [2.45, 2.75) is 13.3 Å².